The summed E-state index contributed by atoms with van der Waals surface area (Å²) in [6.07, 6.45) is -1.96. The molecule has 1 aromatic rings. The van der Waals surface area contributed by atoms with Gasteiger partial charge in [0.25, 0.3) is 0 Å². The van der Waals surface area contributed by atoms with Crippen LogP contribution in [0.15, 0.2) is 24.3 Å². The van der Waals surface area contributed by atoms with Crippen molar-refractivity contribution in [2.24, 2.45) is 5.73 Å². The van der Waals surface area contributed by atoms with E-state index in [9.17, 15) is 17.6 Å². The highest BCUT2D eigenvalue weighted by atomic mass is 19.4. The van der Waals surface area contributed by atoms with E-state index in [1.807, 2.05) is 0 Å². The molecule has 1 aromatic carbocycles. The van der Waals surface area contributed by atoms with Gasteiger partial charge in [-0.1, -0.05) is 18.2 Å². The van der Waals surface area contributed by atoms with Gasteiger partial charge >= 0.3 is 6.18 Å². The van der Waals surface area contributed by atoms with Crippen LogP contribution in [0.25, 0.3) is 6.08 Å². The quantitative estimate of drug-likeness (QED) is 0.760. The molecule has 0 fully saturated rings. The van der Waals surface area contributed by atoms with E-state index in [2.05, 4.69) is 0 Å². The lowest BCUT2D eigenvalue weighted by Gasteiger charge is -2.10. The molecule has 0 saturated carbocycles. The maximum absolute atomic E-state index is 12.7. The Labute approximate surface area is 84.2 Å². The van der Waals surface area contributed by atoms with Crippen LogP contribution >= 0.6 is 0 Å². The van der Waals surface area contributed by atoms with Gasteiger partial charge in [0.15, 0.2) is 0 Å². The molecule has 0 atom stereocenters. The molecule has 0 aliphatic rings. The van der Waals surface area contributed by atoms with Crippen LogP contribution in [0.1, 0.15) is 11.1 Å². The summed E-state index contributed by atoms with van der Waals surface area (Å²) in [5.74, 6) is -0.910. The van der Waals surface area contributed by atoms with E-state index >= 15 is 0 Å². The lowest BCUT2D eigenvalue weighted by Crippen LogP contribution is -2.08. The van der Waals surface area contributed by atoms with E-state index in [-0.39, 0.29) is 12.1 Å². The van der Waals surface area contributed by atoms with Gasteiger partial charge in [-0.3, -0.25) is 0 Å². The second-order valence-corrected chi connectivity index (χ2v) is 2.87. The molecule has 1 nitrogen and oxygen atoms in total. The van der Waals surface area contributed by atoms with E-state index in [0.29, 0.717) is 6.07 Å². The molecular formula is C10H9F4N. The number of rotatable bonds is 2. The number of nitrogens with two attached hydrogens (primary N) is 1. The zero-order chi connectivity index (χ0) is 11.5. The van der Waals surface area contributed by atoms with Crippen LogP contribution in [0.4, 0.5) is 17.6 Å². The summed E-state index contributed by atoms with van der Waals surface area (Å²) in [6, 6.07) is 2.52. The SMILES string of the molecule is NC/C=C/c1ccc(F)cc1C(F)(F)F. The van der Waals surface area contributed by atoms with Crippen molar-refractivity contribution in [1.29, 1.82) is 0 Å². The molecule has 0 spiro atoms. The van der Waals surface area contributed by atoms with Crippen LogP contribution in [0.3, 0.4) is 0 Å². The minimum atomic E-state index is -4.56. The molecule has 0 amide bonds. The molecule has 5 heteroatoms. The van der Waals surface area contributed by atoms with Crippen molar-refractivity contribution in [3.63, 3.8) is 0 Å². The van der Waals surface area contributed by atoms with Gasteiger partial charge in [0.1, 0.15) is 5.82 Å². The summed E-state index contributed by atoms with van der Waals surface area (Å²) in [6.45, 7) is 0.134. The number of benzene rings is 1. The zero-order valence-electron chi connectivity index (χ0n) is 7.68. The number of hydrogen-bond acceptors (Lipinski definition) is 1. The summed E-state index contributed by atoms with van der Waals surface area (Å²) >= 11 is 0. The van der Waals surface area contributed by atoms with Crippen molar-refractivity contribution in [3.05, 3.63) is 41.2 Å². The van der Waals surface area contributed by atoms with E-state index in [1.54, 1.807) is 0 Å². The van der Waals surface area contributed by atoms with Crippen molar-refractivity contribution in [1.82, 2.24) is 0 Å². The van der Waals surface area contributed by atoms with Gasteiger partial charge in [-0.05, 0) is 17.7 Å². The van der Waals surface area contributed by atoms with Gasteiger partial charge < -0.3 is 5.73 Å². The van der Waals surface area contributed by atoms with E-state index in [1.165, 1.54) is 12.2 Å². The number of alkyl halides is 3. The lowest BCUT2D eigenvalue weighted by atomic mass is 10.1. The van der Waals surface area contributed by atoms with Gasteiger partial charge in [0.05, 0.1) is 5.56 Å². The monoisotopic (exact) mass is 219 g/mol. The molecule has 0 aliphatic heterocycles. The third kappa shape index (κ3) is 3.06. The molecule has 0 bridgehead atoms. The summed E-state index contributed by atoms with van der Waals surface area (Å²) in [7, 11) is 0. The van der Waals surface area contributed by atoms with Crippen LogP contribution in [0, 0.1) is 5.82 Å². The van der Waals surface area contributed by atoms with E-state index in [0.717, 1.165) is 12.1 Å². The van der Waals surface area contributed by atoms with Gasteiger partial charge in [-0.15, -0.1) is 0 Å². The third-order valence-corrected chi connectivity index (χ3v) is 1.75. The second-order valence-electron chi connectivity index (χ2n) is 2.87. The average Bonchev–Trinajstić information content (AvgIpc) is 2.14. The Balaban J connectivity index is 3.21. The number of halogens is 4. The molecule has 0 aromatic heterocycles. The van der Waals surface area contributed by atoms with E-state index in [4.69, 9.17) is 5.73 Å². The zero-order valence-corrected chi connectivity index (χ0v) is 7.68. The van der Waals surface area contributed by atoms with Gasteiger partial charge in [-0.25, -0.2) is 4.39 Å². The molecule has 0 radical (unpaired) electrons. The highest BCUT2D eigenvalue weighted by molar-refractivity contribution is 5.54. The second kappa shape index (κ2) is 4.44. The van der Waals surface area contributed by atoms with Gasteiger partial charge in [0, 0.05) is 6.54 Å². The third-order valence-electron chi connectivity index (χ3n) is 1.75. The molecule has 82 valence electrons. The molecule has 0 aliphatic carbocycles. The molecule has 1 rings (SSSR count). The molecular weight excluding hydrogens is 210 g/mol. The van der Waals surface area contributed by atoms with Crippen molar-refractivity contribution >= 4 is 6.08 Å². The molecule has 0 heterocycles. The molecule has 0 unspecified atom stereocenters. The Hall–Kier alpha value is -1.36. The Morgan fingerprint density at radius 1 is 1.27 bits per heavy atom. The fourth-order valence-electron chi connectivity index (χ4n) is 1.11. The highest BCUT2D eigenvalue weighted by Crippen LogP contribution is 2.33. The van der Waals surface area contributed by atoms with Crippen LogP contribution in [-0.4, -0.2) is 6.54 Å². The first kappa shape index (κ1) is 11.7. The fourth-order valence-corrected chi connectivity index (χ4v) is 1.11. The summed E-state index contributed by atoms with van der Waals surface area (Å²) in [5.41, 5.74) is 4.04. The maximum atomic E-state index is 12.7. The summed E-state index contributed by atoms with van der Waals surface area (Å²) in [4.78, 5) is 0. The largest absolute Gasteiger partial charge is 0.417 e. The molecule has 0 saturated heterocycles. The first-order valence-electron chi connectivity index (χ1n) is 4.18. The standard InChI is InChI=1S/C10H9F4N/c11-8-4-3-7(2-1-5-15)9(6-8)10(12,13)14/h1-4,6H,5,15H2/b2-1+. The minimum Gasteiger partial charge on any atom is -0.327 e. The first-order valence-corrected chi connectivity index (χ1v) is 4.18. The predicted molar refractivity (Wildman–Crippen MR) is 49.5 cm³/mol. The van der Waals surface area contributed by atoms with E-state index < -0.39 is 17.6 Å². The van der Waals surface area contributed by atoms with Crippen molar-refractivity contribution in [3.8, 4) is 0 Å². The Kier molecular flexibility index (Phi) is 3.47. The highest BCUT2D eigenvalue weighted by Gasteiger charge is 2.33. The maximum Gasteiger partial charge on any atom is 0.417 e. The smallest absolute Gasteiger partial charge is 0.327 e. The van der Waals surface area contributed by atoms with Gasteiger partial charge in [0.2, 0.25) is 0 Å². The first-order chi connectivity index (χ1) is 6.95. The van der Waals surface area contributed by atoms with Crippen LogP contribution in [-0.2, 0) is 6.18 Å². The molecule has 15 heavy (non-hydrogen) atoms. The Bertz CT molecular complexity index is 368. The van der Waals surface area contributed by atoms with Crippen LogP contribution in [0.2, 0.25) is 0 Å². The van der Waals surface area contributed by atoms with Crippen molar-refractivity contribution < 1.29 is 17.6 Å². The summed E-state index contributed by atoms with van der Waals surface area (Å²) in [5, 5.41) is 0. The minimum absolute atomic E-state index is 0.0886. The number of hydrogen-bond donors (Lipinski definition) is 1. The van der Waals surface area contributed by atoms with Crippen molar-refractivity contribution in [2.75, 3.05) is 6.54 Å². The van der Waals surface area contributed by atoms with Crippen LogP contribution < -0.4 is 5.73 Å². The molecule has 2 N–H and O–H groups in total. The normalized spacial score (nSPS) is 12.3. The van der Waals surface area contributed by atoms with Crippen molar-refractivity contribution in [2.45, 2.75) is 6.18 Å². The fraction of sp³-hybridized carbons (Fsp3) is 0.200. The van der Waals surface area contributed by atoms with Crippen LogP contribution in [0.5, 0.6) is 0 Å². The Morgan fingerprint density at radius 3 is 2.47 bits per heavy atom. The topological polar surface area (TPSA) is 26.0 Å². The Morgan fingerprint density at radius 2 is 1.93 bits per heavy atom. The lowest BCUT2D eigenvalue weighted by molar-refractivity contribution is -0.137. The summed E-state index contributed by atoms with van der Waals surface area (Å²) < 4.78 is 49.9. The van der Waals surface area contributed by atoms with Gasteiger partial charge in [-0.2, -0.15) is 13.2 Å². The predicted octanol–water partition coefficient (Wildman–Crippen LogP) is 2.82. The average molecular weight is 219 g/mol.